The number of carboxylic acids is 1. The molecule has 0 aromatic heterocycles. The van der Waals surface area contributed by atoms with E-state index < -0.39 is 11.5 Å². The van der Waals surface area contributed by atoms with Gasteiger partial charge in [-0.25, -0.2) is 0 Å². The molecule has 114 valence electrons. The predicted molar refractivity (Wildman–Crippen MR) is 76.4 cm³/mol. The van der Waals surface area contributed by atoms with Crippen molar-refractivity contribution >= 4 is 11.9 Å². The van der Waals surface area contributed by atoms with Crippen LogP contribution < -0.4 is 10.6 Å². The van der Waals surface area contributed by atoms with Crippen molar-refractivity contribution in [3.8, 4) is 0 Å². The molecule has 1 amide bonds. The van der Waals surface area contributed by atoms with Crippen molar-refractivity contribution in [3.05, 3.63) is 0 Å². The number of amides is 1. The van der Waals surface area contributed by atoms with Gasteiger partial charge in [0.25, 0.3) is 0 Å². The number of carbonyl (C=O) groups is 2. The average molecular weight is 282 g/mol. The number of nitrogens with one attached hydrogen (secondary N) is 2. The number of fused-ring (bicyclic) bond motifs is 1. The van der Waals surface area contributed by atoms with Crippen molar-refractivity contribution < 1.29 is 14.7 Å². The van der Waals surface area contributed by atoms with Crippen LogP contribution >= 0.6 is 0 Å². The Balaban J connectivity index is 1.88. The number of aliphatic carboxylic acids is 1. The summed E-state index contributed by atoms with van der Waals surface area (Å²) in [5, 5.41) is 15.2. The summed E-state index contributed by atoms with van der Waals surface area (Å²) >= 11 is 0. The normalized spacial score (nSPS) is 30.4. The van der Waals surface area contributed by atoms with Gasteiger partial charge in [-0.1, -0.05) is 12.8 Å². The molecular weight excluding hydrogens is 256 g/mol. The standard InChI is InChI=1S/C15H26N2O3/c1-15(2,9-13(18)19)17-14(20)12-8-7-10-5-3-4-6-11(10)16-12/h10-12,16H,3-9H2,1-2H3,(H,17,20)(H,18,19). The third-order valence-electron chi connectivity index (χ3n) is 4.52. The van der Waals surface area contributed by atoms with Crippen LogP contribution in [-0.4, -0.2) is 34.6 Å². The third kappa shape index (κ3) is 3.95. The zero-order chi connectivity index (χ0) is 14.8. The fraction of sp³-hybridized carbons (Fsp3) is 0.867. The quantitative estimate of drug-likeness (QED) is 0.733. The Bertz CT molecular complexity index is 381. The van der Waals surface area contributed by atoms with Gasteiger partial charge in [-0.3, -0.25) is 9.59 Å². The third-order valence-corrected chi connectivity index (χ3v) is 4.52. The molecule has 0 bridgehead atoms. The highest BCUT2D eigenvalue weighted by atomic mass is 16.4. The number of hydrogen-bond donors (Lipinski definition) is 3. The van der Waals surface area contributed by atoms with Gasteiger partial charge in [0.15, 0.2) is 0 Å². The maximum atomic E-state index is 12.3. The Morgan fingerprint density at radius 2 is 1.90 bits per heavy atom. The topological polar surface area (TPSA) is 78.4 Å². The lowest BCUT2D eigenvalue weighted by molar-refractivity contribution is -0.138. The highest BCUT2D eigenvalue weighted by molar-refractivity contribution is 5.83. The van der Waals surface area contributed by atoms with Gasteiger partial charge in [-0.05, 0) is 45.4 Å². The summed E-state index contributed by atoms with van der Waals surface area (Å²) in [5.41, 5.74) is -0.700. The highest BCUT2D eigenvalue weighted by Crippen LogP contribution is 2.32. The highest BCUT2D eigenvalue weighted by Gasteiger charge is 2.36. The van der Waals surface area contributed by atoms with Crippen molar-refractivity contribution in [1.82, 2.24) is 10.6 Å². The molecular formula is C15H26N2O3. The van der Waals surface area contributed by atoms with E-state index in [2.05, 4.69) is 10.6 Å². The Morgan fingerprint density at radius 1 is 1.20 bits per heavy atom. The molecule has 2 rings (SSSR count). The minimum atomic E-state index is -0.890. The second kappa shape index (κ2) is 6.12. The molecule has 1 saturated heterocycles. The first-order valence-electron chi connectivity index (χ1n) is 7.67. The summed E-state index contributed by atoms with van der Waals surface area (Å²) in [6.45, 7) is 3.51. The van der Waals surface area contributed by atoms with Crippen LogP contribution in [0.25, 0.3) is 0 Å². The molecule has 3 atom stereocenters. The summed E-state index contributed by atoms with van der Waals surface area (Å²) in [6.07, 6.45) is 6.89. The fourth-order valence-corrected chi connectivity index (χ4v) is 3.54. The van der Waals surface area contributed by atoms with E-state index in [1.54, 1.807) is 13.8 Å². The average Bonchev–Trinajstić information content (AvgIpc) is 2.36. The van der Waals surface area contributed by atoms with Crippen LogP contribution in [-0.2, 0) is 9.59 Å². The fourth-order valence-electron chi connectivity index (χ4n) is 3.54. The molecule has 0 aromatic carbocycles. The molecule has 2 fully saturated rings. The molecule has 0 radical (unpaired) electrons. The molecule has 3 N–H and O–H groups in total. The molecule has 1 aliphatic heterocycles. The Morgan fingerprint density at radius 3 is 2.60 bits per heavy atom. The van der Waals surface area contributed by atoms with Crippen molar-refractivity contribution in [2.75, 3.05) is 0 Å². The Labute approximate surface area is 120 Å². The summed E-state index contributed by atoms with van der Waals surface area (Å²) < 4.78 is 0. The summed E-state index contributed by atoms with van der Waals surface area (Å²) in [5.74, 6) is -0.223. The monoisotopic (exact) mass is 282 g/mol. The smallest absolute Gasteiger partial charge is 0.305 e. The van der Waals surface area contributed by atoms with Gasteiger partial charge in [-0.2, -0.15) is 0 Å². The van der Waals surface area contributed by atoms with E-state index >= 15 is 0 Å². The second-order valence-electron chi connectivity index (χ2n) is 6.89. The zero-order valence-electron chi connectivity index (χ0n) is 12.4. The van der Waals surface area contributed by atoms with Crippen LogP contribution in [0.15, 0.2) is 0 Å². The molecule has 0 aromatic rings. The van der Waals surface area contributed by atoms with Gasteiger partial charge in [0.1, 0.15) is 0 Å². The number of carboxylic acid groups (broad SMARTS) is 1. The first-order chi connectivity index (χ1) is 9.37. The van der Waals surface area contributed by atoms with Crippen LogP contribution in [0.2, 0.25) is 0 Å². The largest absolute Gasteiger partial charge is 0.481 e. The lowest BCUT2D eigenvalue weighted by Gasteiger charge is -2.40. The number of hydrogen-bond acceptors (Lipinski definition) is 3. The van der Waals surface area contributed by atoms with E-state index in [1.165, 1.54) is 19.3 Å². The van der Waals surface area contributed by atoms with E-state index in [-0.39, 0.29) is 18.4 Å². The number of carbonyl (C=O) groups excluding carboxylic acids is 1. The Kier molecular flexibility index (Phi) is 4.68. The Hall–Kier alpha value is -1.10. The van der Waals surface area contributed by atoms with Gasteiger partial charge >= 0.3 is 5.97 Å². The van der Waals surface area contributed by atoms with Crippen molar-refractivity contribution in [1.29, 1.82) is 0 Å². The predicted octanol–water partition coefficient (Wildman–Crippen LogP) is 1.67. The van der Waals surface area contributed by atoms with Gasteiger partial charge in [-0.15, -0.1) is 0 Å². The van der Waals surface area contributed by atoms with Crippen molar-refractivity contribution in [2.45, 2.75) is 76.4 Å². The first-order valence-corrected chi connectivity index (χ1v) is 7.67. The van der Waals surface area contributed by atoms with Crippen LogP contribution in [0, 0.1) is 5.92 Å². The van der Waals surface area contributed by atoms with E-state index in [0.717, 1.165) is 25.2 Å². The van der Waals surface area contributed by atoms with Crippen LogP contribution in [0.1, 0.15) is 58.8 Å². The number of rotatable bonds is 4. The van der Waals surface area contributed by atoms with Gasteiger partial charge in [0.05, 0.1) is 12.5 Å². The van der Waals surface area contributed by atoms with Crippen LogP contribution in [0.3, 0.4) is 0 Å². The minimum Gasteiger partial charge on any atom is -0.481 e. The van der Waals surface area contributed by atoms with Crippen LogP contribution in [0.5, 0.6) is 0 Å². The molecule has 5 heteroatoms. The van der Waals surface area contributed by atoms with Crippen molar-refractivity contribution in [2.24, 2.45) is 5.92 Å². The maximum absolute atomic E-state index is 12.3. The molecule has 3 unspecified atom stereocenters. The molecule has 1 heterocycles. The zero-order valence-corrected chi connectivity index (χ0v) is 12.4. The van der Waals surface area contributed by atoms with Crippen LogP contribution in [0.4, 0.5) is 0 Å². The SMILES string of the molecule is CC(C)(CC(=O)O)NC(=O)C1CCC2CCCCC2N1. The lowest BCUT2D eigenvalue weighted by atomic mass is 9.77. The van der Waals surface area contributed by atoms with E-state index in [4.69, 9.17) is 5.11 Å². The van der Waals surface area contributed by atoms with Gasteiger partial charge < -0.3 is 15.7 Å². The maximum Gasteiger partial charge on any atom is 0.305 e. The molecule has 20 heavy (non-hydrogen) atoms. The summed E-state index contributed by atoms with van der Waals surface area (Å²) in [7, 11) is 0. The van der Waals surface area contributed by atoms with Gasteiger partial charge in [0, 0.05) is 11.6 Å². The van der Waals surface area contributed by atoms with Gasteiger partial charge in [0.2, 0.25) is 5.91 Å². The second-order valence-corrected chi connectivity index (χ2v) is 6.89. The molecule has 2 aliphatic rings. The van der Waals surface area contributed by atoms with E-state index in [9.17, 15) is 9.59 Å². The summed E-state index contributed by atoms with van der Waals surface area (Å²) in [6, 6.07) is 0.304. The van der Waals surface area contributed by atoms with E-state index in [0.29, 0.717) is 6.04 Å². The molecule has 5 nitrogen and oxygen atoms in total. The minimum absolute atomic E-state index is 0.0553. The lowest BCUT2D eigenvalue weighted by Crippen LogP contribution is -2.58. The summed E-state index contributed by atoms with van der Waals surface area (Å²) in [4.78, 5) is 23.1. The molecule has 0 spiro atoms. The first kappa shape index (κ1) is 15.3. The van der Waals surface area contributed by atoms with Crippen molar-refractivity contribution in [3.63, 3.8) is 0 Å². The molecule has 1 saturated carbocycles. The molecule has 1 aliphatic carbocycles. The number of piperidine rings is 1. The van der Waals surface area contributed by atoms with E-state index in [1.807, 2.05) is 0 Å².